The molecule has 0 spiro atoms. The molecule has 0 saturated heterocycles. The normalized spacial score (nSPS) is 10.4. The highest BCUT2D eigenvalue weighted by molar-refractivity contribution is 5.93. The second kappa shape index (κ2) is 8.20. The topological polar surface area (TPSA) is 58.1 Å². The fourth-order valence-corrected chi connectivity index (χ4v) is 2.50. The van der Waals surface area contributed by atoms with Crippen molar-refractivity contribution in [1.82, 2.24) is 14.9 Å². The summed E-state index contributed by atoms with van der Waals surface area (Å²) in [6.07, 6.45) is 5.78. The van der Waals surface area contributed by atoms with Crippen LogP contribution >= 0.6 is 0 Å². The van der Waals surface area contributed by atoms with Crippen LogP contribution in [-0.2, 0) is 6.42 Å². The van der Waals surface area contributed by atoms with Gasteiger partial charge in [-0.15, -0.1) is 0 Å². The number of benzene rings is 1. The first-order chi connectivity index (χ1) is 12.6. The van der Waals surface area contributed by atoms with E-state index < -0.39 is 0 Å². The number of nitrogens with zero attached hydrogens (tertiary/aromatic N) is 3. The molecule has 1 N–H and O–H groups in total. The van der Waals surface area contributed by atoms with E-state index in [0.717, 1.165) is 12.0 Å². The molecule has 3 aromatic rings. The Bertz CT molecular complexity index is 886. The minimum atomic E-state index is -0.323. The molecule has 132 valence electrons. The number of carbonyl (C=O) groups is 1. The van der Waals surface area contributed by atoms with Gasteiger partial charge in [0.1, 0.15) is 11.5 Å². The average molecular weight is 350 g/mol. The summed E-state index contributed by atoms with van der Waals surface area (Å²) in [4.78, 5) is 22.4. The molecule has 0 atom stereocenters. The lowest BCUT2D eigenvalue weighted by atomic mass is 10.2. The number of hydrogen-bond acceptors (Lipinski definition) is 4. The van der Waals surface area contributed by atoms with E-state index in [-0.39, 0.29) is 11.7 Å². The fraction of sp³-hybridized carbons (Fsp3) is 0.150. The van der Waals surface area contributed by atoms with Crippen LogP contribution in [0.3, 0.4) is 0 Å². The molecule has 26 heavy (non-hydrogen) atoms. The van der Waals surface area contributed by atoms with Gasteiger partial charge in [-0.25, -0.2) is 4.39 Å². The Morgan fingerprint density at radius 3 is 2.62 bits per heavy atom. The van der Waals surface area contributed by atoms with Gasteiger partial charge >= 0.3 is 0 Å². The highest BCUT2D eigenvalue weighted by atomic mass is 19.1. The molecular weight excluding hydrogens is 331 g/mol. The van der Waals surface area contributed by atoms with Crippen LogP contribution in [0.2, 0.25) is 0 Å². The van der Waals surface area contributed by atoms with E-state index in [1.165, 1.54) is 12.1 Å². The second-order valence-corrected chi connectivity index (χ2v) is 5.90. The van der Waals surface area contributed by atoms with Crippen LogP contribution in [0.1, 0.15) is 16.1 Å². The van der Waals surface area contributed by atoms with Crippen LogP contribution in [0.5, 0.6) is 0 Å². The molecule has 0 radical (unpaired) electrons. The highest BCUT2D eigenvalue weighted by Crippen LogP contribution is 2.18. The van der Waals surface area contributed by atoms with Gasteiger partial charge in [0, 0.05) is 43.6 Å². The Kier molecular flexibility index (Phi) is 5.53. The molecule has 6 heteroatoms. The SMILES string of the molecule is CN(CCc1ccncc1)C(=O)c1cc(Nc2cccc(F)c2)ccn1. The number of rotatable bonds is 6. The van der Waals surface area contributed by atoms with Gasteiger partial charge < -0.3 is 10.2 Å². The molecule has 0 aliphatic carbocycles. The number of likely N-dealkylation sites (N-methyl/N-ethyl adjacent to an activating group) is 1. The van der Waals surface area contributed by atoms with Crippen molar-refractivity contribution in [2.45, 2.75) is 6.42 Å². The molecular formula is C20H19FN4O. The first-order valence-corrected chi connectivity index (χ1v) is 8.25. The average Bonchev–Trinajstić information content (AvgIpc) is 2.66. The third-order valence-corrected chi connectivity index (χ3v) is 3.92. The molecule has 0 unspecified atom stereocenters. The molecule has 2 heterocycles. The van der Waals surface area contributed by atoms with Gasteiger partial charge in [-0.3, -0.25) is 14.8 Å². The predicted octanol–water partition coefficient (Wildman–Crippen LogP) is 3.67. The minimum absolute atomic E-state index is 0.165. The Hall–Kier alpha value is -3.28. The number of nitrogens with one attached hydrogen (secondary N) is 1. The Morgan fingerprint density at radius 2 is 1.85 bits per heavy atom. The van der Waals surface area contributed by atoms with E-state index in [1.807, 2.05) is 12.1 Å². The van der Waals surface area contributed by atoms with Crippen molar-refractivity contribution in [3.63, 3.8) is 0 Å². The van der Waals surface area contributed by atoms with Gasteiger partial charge in [0.05, 0.1) is 0 Å². The summed E-state index contributed by atoms with van der Waals surface area (Å²) in [7, 11) is 1.75. The van der Waals surface area contributed by atoms with E-state index in [2.05, 4.69) is 15.3 Å². The van der Waals surface area contributed by atoms with Crippen LogP contribution in [0, 0.1) is 5.82 Å². The van der Waals surface area contributed by atoms with Crippen LogP contribution < -0.4 is 5.32 Å². The lowest BCUT2D eigenvalue weighted by Gasteiger charge is -2.17. The number of hydrogen-bond donors (Lipinski definition) is 1. The summed E-state index contributed by atoms with van der Waals surface area (Å²) in [6.45, 7) is 0.575. The number of amides is 1. The zero-order valence-corrected chi connectivity index (χ0v) is 14.4. The van der Waals surface area contributed by atoms with Gasteiger partial charge in [-0.05, 0) is 54.4 Å². The van der Waals surface area contributed by atoms with Crippen molar-refractivity contribution in [3.8, 4) is 0 Å². The molecule has 0 fully saturated rings. The summed E-state index contributed by atoms with van der Waals surface area (Å²) < 4.78 is 13.3. The maximum absolute atomic E-state index is 13.3. The third-order valence-electron chi connectivity index (χ3n) is 3.92. The van der Waals surface area contributed by atoms with E-state index in [1.54, 1.807) is 54.8 Å². The standard InChI is InChI=1S/C20H19FN4O/c1-25(12-8-15-5-9-22-10-6-15)20(26)19-14-18(7-11-23-19)24-17-4-2-3-16(21)13-17/h2-7,9-11,13-14H,8,12H2,1H3,(H,23,24). The summed E-state index contributed by atoms with van der Waals surface area (Å²) in [5, 5.41) is 3.08. The van der Waals surface area contributed by atoms with Gasteiger partial charge in [-0.1, -0.05) is 6.07 Å². The smallest absolute Gasteiger partial charge is 0.272 e. The summed E-state index contributed by atoms with van der Waals surface area (Å²) in [5.41, 5.74) is 2.75. The van der Waals surface area contributed by atoms with Gasteiger partial charge in [0.2, 0.25) is 0 Å². The van der Waals surface area contributed by atoms with Crippen LogP contribution in [0.25, 0.3) is 0 Å². The molecule has 1 aromatic carbocycles. The Morgan fingerprint density at radius 1 is 1.08 bits per heavy atom. The summed E-state index contributed by atoms with van der Waals surface area (Å²) in [6, 6.07) is 13.4. The Balaban J connectivity index is 1.65. The number of halogens is 1. The number of pyridine rings is 2. The molecule has 3 rings (SSSR count). The molecule has 1 amide bonds. The van der Waals surface area contributed by atoms with Gasteiger partial charge in [0.15, 0.2) is 0 Å². The third kappa shape index (κ3) is 4.63. The molecule has 0 aliphatic heterocycles. The Labute approximate surface area is 151 Å². The van der Waals surface area contributed by atoms with E-state index in [0.29, 0.717) is 23.6 Å². The number of anilines is 2. The van der Waals surface area contributed by atoms with Crippen molar-refractivity contribution in [1.29, 1.82) is 0 Å². The maximum atomic E-state index is 13.3. The van der Waals surface area contributed by atoms with E-state index in [9.17, 15) is 9.18 Å². The molecule has 5 nitrogen and oxygen atoms in total. The van der Waals surface area contributed by atoms with Crippen molar-refractivity contribution in [2.75, 3.05) is 18.9 Å². The number of aromatic nitrogens is 2. The number of carbonyl (C=O) groups excluding carboxylic acids is 1. The lowest BCUT2D eigenvalue weighted by Crippen LogP contribution is -2.29. The fourth-order valence-electron chi connectivity index (χ4n) is 2.50. The van der Waals surface area contributed by atoms with Crippen LogP contribution in [0.4, 0.5) is 15.8 Å². The summed E-state index contributed by atoms with van der Waals surface area (Å²) in [5.74, 6) is -0.488. The minimum Gasteiger partial charge on any atom is -0.355 e. The van der Waals surface area contributed by atoms with Crippen molar-refractivity contribution in [2.24, 2.45) is 0 Å². The predicted molar refractivity (Wildman–Crippen MR) is 98.8 cm³/mol. The second-order valence-electron chi connectivity index (χ2n) is 5.90. The summed E-state index contributed by atoms with van der Waals surface area (Å²) >= 11 is 0. The van der Waals surface area contributed by atoms with Crippen molar-refractivity contribution >= 4 is 17.3 Å². The van der Waals surface area contributed by atoms with E-state index in [4.69, 9.17) is 0 Å². The zero-order chi connectivity index (χ0) is 18.4. The first-order valence-electron chi connectivity index (χ1n) is 8.25. The van der Waals surface area contributed by atoms with Crippen molar-refractivity contribution in [3.05, 3.63) is 84.2 Å². The largest absolute Gasteiger partial charge is 0.355 e. The van der Waals surface area contributed by atoms with Crippen LogP contribution in [0.15, 0.2) is 67.1 Å². The van der Waals surface area contributed by atoms with Crippen LogP contribution in [-0.4, -0.2) is 34.4 Å². The van der Waals surface area contributed by atoms with Crippen molar-refractivity contribution < 1.29 is 9.18 Å². The lowest BCUT2D eigenvalue weighted by molar-refractivity contribution is 0.0791. The maximum Gasteiger partial charge on any atom is 0.272 e. The monoisotopic (exact) mass is 350 g/mol. The molecule has 0 bridgehead atoms. The zero-order valence-electron chi connectivity index (χ0n) is 14.4. The molecule has 2 aromatic heterocycles. The highest BCUT2D eigenvalue weighted by Gasteiger charge is 2.13. The van der Waals surface area contributed by atoms with E-state index >= 15 is 0 Å². The molecule has 0 saturated carbocycles. The van der Waals surface area contributed by atoms with Gasteiger partial charge in [0.25, 0.3) is 5.91 Å². The quantitative estimate of drug-likeness (QED) is 0.737. The molecule has 0 aliphatic rings. The van der Waals surface area contributed by atoms with Gasteiger partial charge in [-0.2, -0.15) is 0 Å². The first kappa shape index (κ1) is 17.5.